The molecule has 0 aliphatic carbocycles. The lowest BCUT2D eigenvalue weighted by atomic mass is 10.7. The SMILES string of the molecule is C#CCOc1nc(Cl)nc(-n2ccnc2)n1. The third-order valence-electron chi connectivity index (χ3n) is 1.60. The normalized spacial score (nSPS) is 9.75. The number of nitrogens with zero attached hydrogens (tertiary/aromatic N) is 5. The number of halogens is 1. The first-order valence-electron chi connectivity index (χ1n) is 4.26. The van der Waals surface area contributed by atoms with Crippen molar-refractivity contribution in [3.05, 3.63) is 24.0 Å². The summed E-state index contributed by atoms with van der Waals surface area (Å²) in [6.07, 6.45) is 9.87. The number of imidazole rings is 1. The van der Waals surface area contributed by atoms with Crippen molar-refractivity contribution in [1.82, 2.24) is 24.5 Å². The first-order chi connectivity index (χ1) is 7.79. The minimum Gasteiger partial charge on any atom is -0.450 e. The summed E-state index contributed by atoms with van der Waals surface area (Å²) in [7, 11) is 0. The molecule has 2 heterocycles. The van der Waals surface area contributed by atoms with Gasteiger partial charge in [0.15, 0.2) is 6.61 Å². The quantitative estimate of drug-likeness (QED) is 0.734. The predicted octanol–water partition coefficient (Wildman–Crippen LogP) is 0.723. The molecular weight excluding hydrogens is 230 g/mol. The first-order valence-corrected chi connectivity index (χ1v) is 4.63. The molecule has 0 spiro atoms. The van der Waals surface area contributed by atoms with Crippen molar-refractivity contribution in [2.75, 3.05) is 6.61 Å². The van der Waals surface area contributed by atoms with Crippen LogP contribution in [-0.2, 0) is 0 Å². The molecule has 0 aliphatic heterocycles. The van der Waals surface area contributed by atoms with Crippen molar-refractivity contribution < 1.29 is 4.74 Å². The Bertz CT molecular complexity index is 519. The maximum atomic E-state index is 5.72. The first kappa shape index (κ1) is 10.4. The van der Waals surface area contributed by atoms with E-state index in [0.29, 0.717) is 5.95 Å². The lowest BCUT2D eigenvalue weighted by molar-refractivity contribution is 0.337. The van der Waals surface area contributed by atoms with Crippen molar-refractivity contribution in [3.63, 3.8) is 0 Å². The van der Waals surface area contributed by atoms with Crippen LogP contribution >= 0.6 is 11.6 Å². The zero-order valence-electron chi connectivity index (χ0n) is 8.04. The molecule has 0 amide bonds. The van der Waals surface area contributed by atoms with E-state index in [-0.39, 0.29) is 17.9 Å². The van der Waals surface area contributed by atoms with Crippen LogP contribution in [0.2, 0.25) is 5.28 Å². The van der Waals surface area contributed by atoms with Crippen LogP contribution < -0.4 is 4.74 Å². The molecule has 2 rings (SSSR count). The van der Waals surface area contributed by atoms with Gasteiger partial charge < -0.3 is 4.74 Å². The van der Waals surface area contributed by atoms with Crippen molar-refractivity contribution >= 4 is 11.6 Å². The summed E-state index contributed by atoms with van der Waals surface area (Å²) in [4.78, 5) is 15.6. The Labute approximate surface area is 96.3 Å². The summed E-state index contributed by atoms with van der Waals surface area (Å²) >= 11 is 5.72. The third-order valence-corrected chi connectivity index (χ3v) is 1.76. The molecule has 0 aliphatic rings. The molecule has 0 radical (unpaired) electrons. The van der Waals surface area contributed by atoms with Crippen LogP contribution in [0, 0.1) is 12.3 Å². The second-order valence-corrected chi connectivity index (χ2v) is 2.99. The summed E-state index contributed by atoms with van der Waals surface area (Å²) in [6.45, 7) is 0.0731. The van der Waals surface area contributed by atoms with Gasteiger partial charge in [-0.15, -0.1) is 6.42 Å². The molecule has 0 aromatic carbocycles. The summed E-state index contributed by atoms with van der Waals surface area (Å²) in [5.41, 5.74) is 0. The highest BCUT2D eigenvalue weighted by molar-refractivity contribution is 6.28. The van der Waals surface area contributed by atoms with Gasteiger partial charge in [0.2, 0.25) is 11.2 Å². The zero-order chi connectivity index (χ0) is 11.4. The fourth-order valence-corrected chi connectivity index (χ4v) is 1.13. The predicted molar refractivity (Wildman–Crippen MR) is 56.3 cm³/mol. The van der Waals surface area contributed by atoms with Crippen molar-refractivity contribution in [2.45, 2.75) is 0 Å². The van der Waals surface area contributed by atoms with E-state index in [9.17, 15) is 0 Å². The van der Waals surface area contributed by atoms with Crippen molar-refractivity contribution in [3.8, 4) is 24.3 Å². The molecule has 0 fully saturated rings. The fraction of sp³-hybridized carbons (Fsp3) is 0.111. The van der Waals surface area contributed by atoms with Crippen molar-refractivity contribution in [2.24, 2.45) is 0 Å². The van der Waals surface area contributed by atoms with Crippen LogP contribution in [-0.4, -0.2) is 31.1 Å². The average molecular weight is 236 g/mol. The molecule has 2 aromatic heterocycles. The molecule has 0 saturated heterocycles. The maximum Gasteiger partial charge on any atom is 0.323 e. The number of terminal acetylenes is 1. The standard InChI is InChI=1S/C9H6ClN5O/c1-2-5-16-9-13-7(10)12-8(14-9)15-4-3-11-6-15/h1,3-4,6H,5H2. The van der Waals surface area contributed by atoms with Gasteiger partial charge in [-0.1, -0.05) is 5.92 Å². The van der Waals surface area contributed by atoms with Crippen LogP contribution in [0.5, 0.6) is 6.01 Å². The Kier molecular flexibility index (Phi) is 2.98. The molecule has 0 bridgehead atoms. The van der Waals surface area contributed by atoms with Crippen LogP contribution in [0.4, 0.5) is 0 Å². The molecule has 0 atom stereocenters. The van der Waals surface area contributed by atoms with Gasteiger partial charge in [0.25, 0.3) is 0 Å². The van der Waals surface area contributed by atoms with Gasteiger partial charge in [0.05, 0.1) is 0 Å². The van der Waals surface area contributed by atoms with Gasteiger partial charge >= 0.3 is 6.01 Å². The summed E-state index contributed by atoms with van der Waals surface area (Å²) in [5.74, 6) is 2.63. The molecule has 0 N–H and O–H groups in total. The third kappa shape index (κ3) is 2.27. The average Bonchev–Trinajstić information content (AvgIpc) is 2.79. The minimum atomic E-state index is 0.0331. The minimum absolute atomic E-state index is 0.0331. The van der Waals surface area contributed by atoms with Crippen LogP contribution in [0.25, 0.3) is 5.95 Å². The van der Waals surface area contributed by atoms with Gasteiger partial charge in [-0.3, -0.25) is 4.57 Å². The fourth-order valence-electron chi connectivity index (χ4n) is 0.986. The molecular formula is C9H6ClN5O. The number of aromatic nitrogens is 5. The van der Waals surface area contributed by atoms with Gasteiger partial charge in [-0.05, 0) is 11.6 Å². The lowest BCUT2D eigenvalue weighted by Crippen LogP contribution is -2.05. The van der Waals surface area contributed by atoms with E-state index < -0.39 is 0 Å². The molecule has 7 heteroatoms. The van der Waals surface area contributed by atoms with E-state index in [1.165, 1.54) is 6.33 Å². The largest absolute Gasteiger partial charge is 0.450 e. The smallest absolute Gasteiger partial charge is 0.323 e. The molecule has 0 saturated carbocycles. The number of ether oxygens (including phenoxy) is 1. The van der Waals surface area contributed by atoms with Gasteiger partial charge in [0, 0.05) is 12.4 Å². The van der Waals surface area contributed by atoms with Crippen molar-refractivity contribution in [1.29, 1.82) is 0 Å². The second-order valence-electron chi connectivity index (χ2n) is 2.65. The Hall–Kier alpha value is -2.13. The van der Waals surface area contributed by atoms with E-state index in [1.54, 1.807) is 17.0 Å². The van der Waals surface area contributed by atoms with Gasteiger partial charge in [-0.2, -0.15) is 15.0 Å². The Morgan fingerprint density at radius 1 is 1.44 bits per heavy atom. The highest BCUT2D eigenvalue weighted by Crippen LogP contribution is 2.10. The Morgan fingerprint density at radius 3 is 3.00 bits per heavy atom. The highest BCUT2D eigenvalue weighted by Gasteiger charge is 2.06. The number of rotatable bonds is 3. The van der Waals surface area contributed by atoms with E-state index >= 15 is 0 Å². The van der Waals surface area contributed by atoms with Crippen LogP contribution in [0.3, 0.4) is 0 Å². The van der Waals surface area contributed by atoms with E-state index in [0.717, 1.165) is 0 Å². The van der Waals surface area contributed by atoms with Gasteiger partial charge in [0.1, 0.15) is 6.33 Å². The summed E-state index contributed by atoms with van der Waals surface area (Å²) < 4.78 is 6.64. The zero-order valence-corrected chi connectivity index (χ0v) is 8.79. The summed E-state index contributed by atoms with van der Waals surface area (Å²) in [5, 5.41) is 0.0331. The topological polar surface area (TPSA) is 65.7 Å². The maximum absolute atomic E-state index is 5.72. The molecule has 0 unspecified atom stereocenters. The summed E-state index contributed by atoms with van der Waals surface area (Å²) in [6, 6.07) is 0.0849. The molecule has 16 heavy (non-hydrogen) atoms. The van der Waals surface area contributed by atoms with Gasteiger partial charge in [-0.25, -0.2) is 4.98 Å². The monoisotopic (exact) mass is 235 g/mol. The van der Waals surface area contributed by atoms with Crippen LogP contribution in [0.1, 0.15) is 0 Å². The number of hydrogen-bond donors (Lipinski definition) is 0. The Morgan fingerprint density at radius 2 is 2.31 bits per heavy atom. The van der Waals surface area contributed by atoms with E-state index in [2.05, 4.69) is 25.9 Å². The highest BCUT2D eigenvalue weighted by atomic mass is 35.5. The van der Waals surface area contributed by atoms with E-state index in [4.69, 9.17) is 22.8 Å². The van der Waals surface area contributed by atoms with Crippen LogP contribution in [0.15, 0.2) is 18.7 Å². The molecule has 6 nitrogen and oxygen atoms in total. The second kappa shape index (κ2) is 4.59. The number of hydrogen-bond acceptors (Lipinski definition) is 5. The molecule has 80 valence electrons. The van der Waals surface area contributed by atoms with E-state index in [1.807, 2.05) is 0 Å². The lowest BCUT2D eigenvalue weighted by Gasteiger charge is -2.03. The molecule has 2 aromatic rings. The Balaban J connectivity index is 2.33.